The summed E-state index contributed by atoms with van der Waals surface area (Å²) >= 11 is 0. The number of carbonyl (C=O) groups excluding carboxylic acids is 2. The zero-order valence-corrected chi connectivity index (χ0v) is 17.3. The van der Waals surface area contributed by atoms with Crippen LogP contribution in [0.3, 0.4) is 0 Å². The fourth-order valence-corrected chi connectivity index (χ4v) is 3.47. The van der Waals surface area contributed by atoms with Crippen molar-refractivity contribution in [3.8, 4) is 6.07 Å². The second-order valence-electron chi connectivity index (χ2n) is 7.82. The van der Waals surface area contributed by atoms with E-state index < -0.39 is 46.5 Å². The number of hydrogen-bond donors (Lipinski definition) is 0. The Morgan fingerprint density at radius 3 is 2.27 bits per heavy atom. The maximum absolute atomic E-state index is 13.3. The number of alkyl halides is 6. The quantitative estimate of drug-likeness (QED) is 0.475. The van der Waals surface area contributed by atoms with Crippen LogP contribution in [0.15, 0.2) is 30.6 Å². The molecule has 1 fully saturated rings. The van der Waals surface area contributed by atoms with E-state index >= 15 is 0 Å². The van der Waals surface area contributed by atoms with Crippen LogP contribution in [0.2, 0.25) is 0 Å². The van der Waals surface area contributed by atoms with Gasteiger partial charge in [0.1, 0.15) is 5.54 Å². The number of aryl methyl sites for hydroxylation is 1. The highest BCUT2D eigenvalue weighted by Crippen LogP contribution is 2.37. The van der Waals surface area contributed by atoms with E-state index in [2.05, 4.69) is 5.10 Å². The van der Waals surface area contributed by atoms with E-state index in [0.29, 0.717) is 17.2 Å². The Bertz CT molecular complexity index is 1130. The Morgan fingerprint density at radius 1 is 1.06 bits per heavy atom. The summed E-state index contributed by atoms with van der Waals surface area (Å²) < 4.78 is 79.0. The van der Waals surface area contributed by atoms with E-state index in [1.165, 1.54) is 19.9 Å². The molecule has 176 valence electrons. The smallest absolute Gasteiger partial charge is 0.310 e. The number of amides is 3. The number of imide groups is 1. The third-order valence-corrected chi connectivity index (χ3v) is 5.24. The first kappa shape index (κ1) is 24.1. The first-order chi connectivity index (χ1) is 15.2. The fourth-order valence-electron chi connectivity index (χ4n) is 3.47. The van der Waals surface area contributed by atoms with Crippen molar-refractivity contribution in [3.63, 3.8) is 0 Å². The Balaban J connectivity index is 1.80. The van der Waals surface area contributed by atoms with Crippen molar-refractivity contribution in [3.05, 3.63) is 47.3 Å². The van der Waals surface area contributed by atoms with Crippen LogP contribution in [0.1, 0.15) is 37.0 Å². The molecule has 1 aromatic carbocycles. The molecule has 7 nitrogen and oxygen atoms in total. The maximum atomic E-state index is 13.3. The molecular formula is C20H17F6N5O2. The lowest BCUT2D eigenvalue weighted by Crippen LogP contribution is -2.44. The number of nitrogens with zero attached hydrogens (tertiary/aromatic N) is 5. The topological polar surface area (TPSA) is 82.2 Å². The van der Waals surface area contributed by atoms with Gasteiger partial charge in [-0.1, -0.05) is 0 Å². The Labute approximate surface area is 183 Å². The number of benzene rings is 1. The van der Waals surface area contributed by atoms with Crippen molar-refractivity contribution >= 4 is 17.6 Å². The normalized spacial score (nSPS) is 16.5. The molecule has 1 aliphatic rings. The lowest BCUT2D eigenvalue weighted by molar-refractivity contribution is -0.138. The lowest BCUT2D eigenvalue weighted by atomic mass is 10.0. The van der Waals surface area contributed by atoms with E-state index in [1.807, 2.05) is 0 Å². The van der Waals surface area contributed by atoms with Crippen LogP contribution in [0.25, 0.3) is 0 Å². The molecule has 0 spiro atoms. The lowest BCUT2D eigenvalue weighted by Gasteiger charge is -2.27. The molecule has 1 aliphatic heterocycles. The van der Waals surface area contributed by atoms with Crippen molar-refractivity contribution in [1.82, 2.24) is 14.7 Å². The molecule has 13 heteroatoms. The zero-order valence-electron chi connectivity index (χ0n) is 17.3. The molecule has 1 aromatic heterocycles. The Kier molecular flexibility index (Phi) is 5.91. The second-order valence-corrected chi connectivity index (χ2v) is 7.82. The molecule has 0 atom stereocenters. The van der Waals surface area contributed by atoms with Crippen LogP contribution in [-0.4, -0.2) is 38.7 Å². The van der Waals surface area contributed by atoms with Crippen molar-refractivity contribution in [2.24, 2.45) is 0 Å². The van der Waals surface area contributed by atoms with Gasteiger partial charge in [0.15, 0.2) is 0 Å². The minimum atomic E-state index is -4.87. The molecule has 2 aromatic rings. The van der Waals surface area contributed by atoms with Gasteiger partial charge in [0, 0.05) is 19.3 Å². The molecule has 1 saturated heterocycles. The van der Waals surface area contributed by atoms with Crippen molar-refractivity contribution in [2.45, 2.75) is 44.7 Å². The Hall–Kier alpha value is -3.56. The zero-order chi connectivity index (χ0) is 24.8. The number of halogens is 6. The van der Waals surface area contributed by atoms with Gasteiger partial charge in [0.05, 0.1) is 34.6 Å². The number of aromatic nitrogens is 2. The summed E-state index contributed by atoms with van der Waals surface area (Å²) in [5.74, 6) is -0.774. The van der Waals surface area contributed by atoms with Crippen LogP contribution >= 0.6 is 0 Å². The number of nitriles is 1. The van der Waals surface area contributed by atoms with Crippen LogP contribution in [0, 0.1) is 11.3 Å². The van der Waals surface area contributed by atoms with Crippen LogP contribution in [-0.2, 0) is 23.7 Å². The predicted molar refractivity (Wildman–Crippen MR) is 102 cm³/mol. The minimum absolute atomic E-state index is 0.0131. The predicted octanol–water partition coefficient (Wildman–Crippen LogP) is 4.43. The highest BCUT2D eigenvalue weighted by molar-refractivity contribution is 6.23. The highest BCUT2D eigenvalue weighted by Gasteiger charge is 2.52. The van der Waals surface area contributed by atoms with Gasteiger partial charge in [0.2, 0.25) is 0 Å². The molecule has 0 bridgehead atoms. The summed E-state index contributed by atoms with van der Waals surface area (Å²) in [7, 11) is 0. The molecule has 0 radical (unpaired) electrons. The second kappa shape index (κ2) is 8.09. The average molecular weight is 473 g/mol. The molecule has 0 aliphatic carbocycles. The largest absolute Gasteiger partial charge is 0.419 e. The van der Waals surface area contributed by atoms with Crippen molar-refractivity contribution in [1.29, 1.82) is 5.26 Å². The Morgan fingerprint density at radius 2 is 1.73 bits per heavy atom. The van der Waals surface area contributed by atoms with Gasteiger partial charge in [0.25, 0.3) is 5.91 Å². The van der Waals surface area contributed by atoms with Crippen molar-refractivity contribution in [2.75, 3.05) is 11.4 Å². The molecular weight excluding hydrogens is 456 g/mol. The maximum Gasteiger partial charge on any atom is 0.419 e. The fraction of sp³-hybridized carbons (Fsp3) is 0.400. The van der Waals surface area contributed by atoms with E-state index in [1.54, 1.807) is 0 Å². The van der Waals surface area contributed by atoms with Gasteiger partial charge in [-0.2, -0.15) is 36.7 Å². The third kappa shape index (κ3) is 4.50. The van der Waals surface area contributed by atoms with E-state index in [4.69, 9.17) is 5.26 Å². The number of urea groups is 1. The summed E-state index contributed by atoms with van der Waals surface area (Å²) in [6.45, 7) is 2.78. The number of carbonyl (C=O) groups is 2. The van der Waals surface area contributed by atoms with Crippen LogP contribution < -0.4 is 4.90 Å². The van der Waals surface area contributed by atoms with E-state index in [9.17, 15) is 35.9 Å². The molecule has 3 amide bonds. The number of anilines is 1. The van der Waals surface area contributed by atoms with E-state index in [0.717, 1.165) is 27.9 Å². The van der Waals surface area contributed by atoms with E-state index in [-0.39, 0.29) is 25.2 Å². The summed E-state index contributed by atoms with van der Waals surface area (Å²) in [5.41, 5.74) is -4.61. The third-order valence-electron chi connectivity index (χ3n) is 5.24. The monoisotopic (exact) mass is 473 g/mol. The molecule has 3 rings (SSSR count). The molecule has 0 unspecified atom stereocenters. The van der Waals surface area contributed by atoms with Gasteiger partial charge in [-0.25, -0.2) is 9.69 Å². The number of hydrogen-bond acceptors (Lipinski definition) is 4. The van der Waals surface area contributed by atoms with Crippen molar-refractivity contribution < 1.29 is 35.9 Å². The van der Waals surface area contributed by atoms with Crippen LogP contribution in [0.5, 0.6) is 0 Å². The minimum Gasteiger partial charge on any atom is -0.310 e. The molecule has 0 N–H and O–H groups in total. The standard InChI is InChI=1S/C20H17F6N5O2/c1-18(2)16(32)31(14-5-4-12(9-27)15(8-14)20(24,25)26)17(33)30(18)7-3-6-29-11-13(10-28-29)19(21,22)23/h4-5,8,10-11H,3,6-7H2,1-2H3. The van der Waals surface area contributed by atoms with Gasteiger partial charge in [-0.15, -0.1) is 0 Å². The van der Waals surface area contributed by atoms with Gasteiger partial charge in [-0.3, -0.25) is 9.48 Å². The molecule has 0 saturated carbocycles. The van der Waals surface area contributed by atoms with Gasteiger partial charge in [-0.05, 0) is 38.5 Å². The van der Waals surface area contributed by atoms with Gasteiger partial charge >= 0.3 is 18.4 Å². The summed E-state index contributed by atoms with van der Waals surface area (Å²) in [6, 6.07) is 3.07. The van der Waals surface area contributed by atoms with Gasteiger partial charge < -0.3 is 4.90 Å². The molecule has 33 heavy (non-hydrogen) atoms. The number of rotatable bonds is 5. The summed E-state index contributed by atoms with van der Waals surface area (Å²) in [5, 5.41) is 12.5. The summed E-state index contributed by atoms with van der Waals surface area (Å²) in [6.07, 6.45) is -7.81. The summed E-state index contributed by atoms with van der Waals surface area (Å²) in [4.78, 5) is 27.6. The highest BCUT2D eigenvalue weighted by atomic mass is 19.4. The first-order valence-electron chi connectivity index (χ1n) is 9.55. The average Bonchev–Trinajstić information content (AvgIpc) is 3.25. The molecule has 2 heterocycles. The first-order valence-corrected chi connectivity index (χ1v) is 9.55. The van der Waals surface area contributed by atoms with Crippen LogP contribution in [0.4, 0.5) is 36.8 Å². The SMILES string of the molecule is CC1(C)C(=O)N(c2ccc(C#N)c(C(F)(F)F)c2)C(=O)N1CCCn1cc(C(F)(F)F)cn1.